The quantitative estimate of drug-likeness (QED) is 0.742. The Bertz CT molecular complexity index is 596. The molecule has 1 aromatic heterocycles. The summed E-state index contributed by atoms with van der Waals surface area (Å²) in [5, 5.41) is 13.7. The summed E-state index contributed by atoms with van der Waals surface area (Å²) in [6.45, 7) is 7.76. The van der Waals surface area contributed by atoms with Crippen LogP contribution in [0.25, 0.3) is 10.8 Å². The van der Waals surface area contributed by atoms with Crippen molar-refractivity contribution in [2.75, 3.05) is 0 Å². The van der Waals surface area contributed by atoms with Gasteiger partial charge in [-0.3, -0.25) is 0 Å². The monoisotopic (exact) mass is 219 g/mol. The van der Waals surface area contributed by atoms with E-state index in [0.717, 1.165) is 22.3 Å². The van der Waals surface area contributed by atoms with Gasteiger partial charge in [-0.1, -0.05) is 0 Å². The summed E-state index contributed by atoms with van der Waals surface area (Å²) in [4.78, 5) is 10.6. The third kappa shape index (κ3) is 1.16. The lowest BCUT2D eigenvalue weighted by molar-refractivity contribution is 0.342. The molecule has 84 valence electrons. The summed E-state index contributed by atoms with van der Waals surface area (Å²) in [6, 6.07) is 0. The molecule has 0 aliphatic carbocycles. The van der Waals surface area contributed by atoms with Gasteiger partial charge in [0.25, 0.3) is 11.8 Å². The van der Waals surface area contributed by atoms with Gasteiger partial charge in [-0.05, 0) is 49.9 Å². The molecule has 4 heteroatoms. The SMILES string of the molecule is Cc1c(C)c(C)c2c(N=O)oc(O)c2c1C. The van der Waals surface area contributed by atoms with Crippen molar-refractivity contribution in [1.29, 1.82) is 0 Å². The molecule has 0 spiro atoms. The standard InChI is InChI=1S/C12H13NO3/c1-5-6(2)8(4)10-9(7(5)3)11(13-15)16-12(10)14/h14H,1-4H3. The van der Waals surface area contributed by atoms with Crippen molar-refractivity contribution in [3.8, 4) is 5.95 Å². The van der Waals surface area contributed by atoms with Gasteiger partial charge in [0.15, 0.2) is 0 Å². The highest BCUT2D eigenvalue weighted by molar-refractivity contribution is 6.00. The Morgan fingerprint density at radius 3 is 1.94 bits per heavy atom. The molecule has 16 heavy (non-hydrogen) atoms. The highest BCUT2D eigenvalue weighted by atomic mass is 16.5. The van der Waals surface area contributed by atoms with Gasteiger partial charge in [-0.15, -0.1) is 4.91 Å². The largest absolute Gasteiger partial charge is 0.480 e. The van der Waals surface area contributed by atoms with Crippen molar-refractivity contribution in [3.63, 3.8) is 0 Å². The average Bonchev–Trinajstić information content (AvgIpc) is 2.60. The molecule has 0 saturated heterocycles. The Hall–Kier alpha value is -1.84. The smallest absolute Gasteiger partial charge is 0.292 e. The average molecular weight is 219 g/mol. The van der Waals surface area contributed by atoms with Gasteiger partial charge in [0.2, 0.25) is 0 Å². The summed E-state index contributed by atoms with van der Waals surface area (Å²) in [5.41, 5.74) is 4.04. The lowest BCUT2D eigenvalue weighted by atomic mass is 9.94. The van der Waals surface area contributed by atoms with Crippen LogP contribution >= 0.6 is 0 Å². The van der Waals surface area contributed by atoms with E-state index in [2.05, 4.69) is 5.18 Å². The van der Waals surface area contributed by atoms with Gasteiger partial charge < -0.3 is 9.52 Å². The third-order valence-electron chi connectivity index (χ3n) is 3.39. The number of furan rings is 1. The van der Waals surface area contributed by atoms with E-state index in [9.17, 15) is 10.0 Å². The number of nitroso groups, excluding NO2 is 1. The highest BCUT2D eigenvalue weighted by Crippen LogP contribution is 2.42. The summed E-state index contributed by atoms with van der Waals surface area (Å²) >= 11 is 0. The zero-order chi connectivity index (χ0) is 12.0. The van der Waals surface area contributed by atoms with Crippen LogP contribution in [0.4, 0.5) is 5.88 Å². The first kappa shape index (κ1) is 10.7. The zero-order valence-corrected chi connectivity index (χ0v) is 9.71. The first-order valence-electron chi connectivity index (χ1n) is 5.04. The maximum absolute atomic E-state index is 10.6. The van der Waals surface area contributed by atoms with Gasteiger partial charge in [0.05, 0.1) is 10.8 Å². The van der Waals surface area contributed by atoms with Crippen LogP contribution in [-0.4, -0.2) is 5.11 Å². The molecule has 4 nitrogen and oxygen atoms in total. The van der Waals surface area contributed by atoms with Crippen molar-refractivity contribution >= 4 is 16.7 Å². The zero-order valence-electron chi connectivity index (χ0n) is 9.71. The number of fused-ring (bicyclic) bond motifs is 1. The molecule has 0 fully saturated rings. The molecule has 0 unspecified atom stereocenters. The Morgan fingerprint density at radius 2 is 1.44 bits per heavy atom. The Kier molecular flexibility index (Phi) is 2.22. The molecule has 1 N–H and O–H groups in total. The van der Waals surface area contributed by atoms with Gasteiger partial charge in [-0.2, -0.15) is 0 Å². The van der Waals surface area contributed by atoms with E-state index < -0.39 is 0 Å². The van der Waals surface area contributed by atoms with E-state index in [1.165, 1.54) is 0 Å². The molecule has 0 radical (unpaired) electrons. The van der Waals surface area contributed by atoms with Crippen LogP contribution in [0.3, 0.4) is 0 Å². The van der Waals surface area contributed by atoms with Crippen LogP contribution in [0.2, 0.25) is 0 Å². The minimum atomic E-state index is -0.228. The highest BCUT2D eigenvalue weighted by Gasteiger charge is 2.20. The summed E-state index contributed by atoms with van der Waals surface area (Å²) in [6.07, 6.45) is 0. The topological polar surface area (TPSA) is 62.8 Å². The Labute approximate surface area is 92.9 Å². The fourth-order valence-corrected chi connectivity index (χ4v) is 2.11. The number of rotatable bonds is 1. The second kappa shape index (κ2) is 3.33. The molecule has 0 atom stereocenters. The number of nitrogens with zero attached hydrogens (tertiary/aromatic N) is 1. The second-order valence-electron chi connectivity index (χ2n) is 4.05. The molecule has 0 saturated carbocycles. The van der Waals surface area contributed by atoms with E-state index in [4.69, 9.17) is 4.42 Å². The molecule has 2 aromatic rings. The summed E-state index contributed by atoms with van der Waals surface area (Å²) in [5.74, 6) is -0.274. The van der Waals surface area contributed by atoms with Crippen molar-refractivity contribution in [2.45, 2.75) is 27.7 Å². The molecular weight excluding hydrogens is 206 g/mol. The molecule has 0 amide bonds. The number of hydrogen-bond acceptors (Lipinski definition) is 4. The maximum Gasteiger partial charge on any atom is 0.292 e. The predicted octanol–water partition coefficient (Wildman–Crippen LogP) is 3.77. The minimum absolute atomic E-state index is 0.0452. The van der Waals surface area contributed by atoms with E-state index in [0.29, 0.717) is 10.8 Å². The van der Waals surface area contributed by atoms with Crippen molar-refractivity contribution in [3.05, 3.63) is 27.2 Å². The van der Waals surface area contributed by atoms with Crippen LogP contribution < -0.4 is 0 Å². The van der Waals surface area contributed by atoms with Gasteiger partial charge in [0.1, 0.15) is 0 Å². The molecule has 0 aliphatic heterocycles. The third-order valence-corrected chi connectivity index (χ3v) is 3.39. The van der Waals surface area contributed by atoms with Gasteiger partial charge in [-0.25, -0.2) is 0 Å². The van der Waals surface area contributed by atoms with Crippen molar-refractivity contribution in [2.24, 2.45) is 5.18 Å². The van der Waals surface area contributed by atoms with Crippen LogP contribution in [0.5, 0.6) is 5.95 Å². The lowest BCUT2D eigenvalue weighted by Gasteiger charge is -2.09. The summed E-state index contributed by atoms with van der Waals surface area (Å²) < 4.78 is 4.96. The normalized spacial score (nSPS) is 11.0. The lowest BCUT2D eigenvalue weighted by Crippen LogP contribution is -1.91. The second-order valence-corrected chi connectivity index (χ2v) is 4.05. The van der Waals surface area contributed by atoms with E-state index >= 15 is 0 Å². The number of aromatic hydroxyl groups is 1. The first-order valence-corrected chi connectivity index (χ1v) is 5.04. The van der Waals surface area contributed by atoms with E-state index in [1.54, 1.807) is 0 Å². The predicted molar refractivity (Wildman–Crippen MR) is 62.3 cm³/mol. The van der Waals surface area contributed by atoms with Crippen LogP contribution in [-0.2, 0) is 0 Å². The summed E-state index contributed by atoms with van der Waals surface area (Å²) in [7, 11) is 0. The maximum atomic E-state index is 10.6. The van der Waals surface area contributed by atoms with Gasteiger partial charge >= 0.3 is 0 Å². The Morgan fingerprint density at radius 1 is 0.938 bits per heavy atom. The first-order chi connectivity index (χ1) is 7.49. The fourth-order valence-electron chi connectivity index (χ4n) is 2.11. The van der Waals surface area contributed by atoms with Gasteiger partial charge in [0, 0.05) is 5.18 Å². The van der Waals surface area contributed by atoms with Crippen LogP contribution in [0, 0.1) is 32.6 Å². The molecule has 1 aromatic carbocycles. The molecule has 0 aliphatic rings. The molecular formula is C12H13NO3. The molecule has 0 bridgehead atoms. The molecule has 2 rings (SSSR count). The fraction of sp³-hybridized carbons (Fsp3) is 0.333. The van der Waals surface area contributed by atoms with Crippen molar-refractivity contribution < 1.29 is 9.52 Å². The van der Waals surface area contributed by atoms with Crippen LogP contribution in [0.15, 0.2) is 9.59 Å². The van der Waals surface area contributed by atoms with E-state index in [1.807, 2.05) is 27.7 Å². The van der Waals surface area contributed by atoms with Crippen molar-refractivity contribution in [1.82, 2.24) is 0 Å². The Balaban J connectivity index is 3.10. The van der Waals surface area contributed by atoms with E-state index in [-0.39, 0.29) is 11.8 Å². The molecule has 1 heterocycles. The van der Waals surface area contributed by atoms with Crippen LogP contribution in [0.1, 0.15) is 22.3 Å². The number of benzene rings is 1. The minimum Gasteiger partial charge on any atom is -0.480 e. The number of hydrogen-bond donors (Lipinski definition) is 1. The number of aryl methyl sites for hydroxylation is 2.